The van der Waals surface area contributed by atoms with Gasteiger partial charge in [0.1, 0.15) is 5.84 Å². The molecule has 0 bridgehead atoms. The van der Waals surface area contributed by atoms with E-state index in [1.807, 2.05) is 35.2 Å². The molecule has 4 aliphatic rings. The third kappa shape index (κ3) is 5.05. The van der Waals surface area contributed by atoms with Crippen molar-refractivity contribution in [3.8, 4) is 0 Å². The van der Waals surface area contributed by atoms with Crippen molar-refractivity contribution in [2.45, 2.75) is 69.5 Å². The van der Waals surface area contributed by atoms with Gasteiger partial charge in [0.05, 0.1) is 25.5 Å². The topological polar surface area (TPSA) is 61.3 Å². The number of benzene rings is 1. The van der Waals surface area contributed by atoms with E-state index in [2.05, 4.69) is 16.5 Å². The molecule has 1 aromatic carbocycles. The lowest BCUT2D eigenvalue weighted by Crippen LogP contribution is -2.50. The van der Waals surface area contributed by atoms with Gasteiger partial charge in [-0.2, -0.15) is 8.78 Å². The van der Waals surface area contributed by atoms with Gasteiger partial charge in [-0.05, 0) is 62.5 Å². The highest BCUT2D eigenvalue weighted by Crippen LogP contribution is 2.45. The number of carbonyl (C=O) groups is 1. The van der Waals surface area contributed by atoms with Gasteiger partial charge in [0, 0.05) is 60.1 Å². The Morgan fingerprint density at radius 3 is 2.65 bits per heavy atom. The minimum absolute atomic E-state index is 0.00148. The highest BCUT2D eigenvalue weighted by atomic mass is 19.3. The van der Waals surface area contributed by atoms with Crippen LogP contribution in [0, 0.1) is 0 Å². The van der Waals surface area contributed by atoms with Gasteiger partial charge in [0.25, 0.3) is 5.91 Å². The molecule has 0 N–H and O–H groups in total. The molecule has 0 unspecified atom stereocenters. The summed E-state index contributed by atoms with van der Waals surface area (Å²) < 4.78 is 32.8. The monoisotopic (exact) mass is 549 g/mol. The normalized spacial score (nSPS) is 20.9. The van der Waals surface area contributed by atoms with Crippen LogP contribution in [0.1, 0.15) is 77.3 Å². The van der Waals surface area contributed by atoms with Gasteiger partial charge in [0.2, 0.25) is 0 Å². The molecule has 0 spiro atoms. The number of aromatic nitrogens is 1. The van der Waals surface area contributed by atoms with Gasteiger partial charge in [0.15, 0.2) is 0 Å². The Hall–Kier alpha value is -3.17. The number of alkyl halides is 2. The second-order valence-electron chi connectivity index (χ2n) is 11.5. The number of hydrogen-bond donors (Lipinski definition) is 0. The summed E-state index contributed by atoms with van der Waals surface area (Å²) in [6, 6.07) is 9.90. The number of ether oxygens (including phenoxy) is 1. The number of amides is 1. The molecule has 212 valence electrons. The number of aliphatic imine (C=N–C) groups is 1. The number of fused-ring (bicyclic) bond motifs is 1. The average Bonchev–Trinajstić information content (AvgIpc) is 3.74. The van der Waals surface area contributed by atoms with Crippen LogP contribution in [0.3, 0.4) is 0 Å². The van der Waals surface area contributed by atoms with E-state index in [0.29, 0.717) is 25.7 Å². The largest absolute Gasteiger partial charge is 0.379 e. The Bertz CT molecular complexity index is 1310. The van der Waals surface area contributed by atoms with Gasteiger partial charge in [-0.15, -0.1) is 0 Å². The second-order valence-corrected chi connectivity index (χ2v) is 11.5. The fourth-order valence-corrected chi connectivity index (χ4v) is 6.32. The predicted octanol–water partition coefficient (Wildman–Crippen LogP) is 5.46. The summed E-state index contributed by atoms with van der Waals surface area (Å²) in [5.74, 6) is 0.699. The maximum absolute atomic E-state index is 13.8. The molecule has 1 aliphatic carbocycles. The molecule has 7 nitrogen and oxygen atoms in total. The molecule has 2 saturated heterocycles. The summed E-state index contributed by atoms with van der Waals surface area (Å²) in [5.41, 5.74) is 5.17. The number of nitrogens with zero attached hydrogens (tertiary/aromatic N) is 5. The van der Waals surface area contributed by atoms with Crippen LogP contribution in [0.25, 0.3) is 0 Å². The number of hydrogen-bond acceptors (Lipinski definition) is 5. The van der Waals surface area contributed by atoms with E-state index >= 15 is 0 Å². The summed E-state index contributed by atoms with van der Waals surface area (Å²) in [5, 5.41) is 0. The van der Waals surface area contributed by atoms with Gasteiger partial charge in [-0.1, -0.05) is 25.1 Å². The molecule has 1 aromatic heterocycles. The van der Waals surface area contributed by atoms with Crippen LogP contribution in [0.15, 0.2) is 48.1 Å². The average molecular weight is 550 g/mol. The lowest BCUT2D eigenvalue weighted by molar-refractivity contribution is -0.0587. The van der Waals surface area contributed by atoms with E-state index in [1.165, 1.54) is 26.3 Å². The van der Waals surface area contributed by atoms with Crippen LogP contribution < -0.4 is 4.90 Å². The molecule has 1 amide bonds. The molecule has 0 radical (unpaired) electrons. The number of pyridine rings is 1. The molecule has 9 heteroatoms. The third-order valence-electron chi connectivity index (χ3n) is 8.79. The molecule has 4 heterocycles. The molecule has 3 fully saturated rings. The standard InChI is InChI=1S/C31H37F2N5O2/c1-3-37(30(32)33)27(34-2)16-31(19-40-20-31)22-8-7-9-24(14-22)38-18-26-25(29(38)39)15-23(35-28(26)21-10-11-21)17-36-12-5-4-6-13-36/h3,7-9,14-15,21,30H,1,4-6,10-13,16-20H2,2H3. The Morgan fingerprint density at radius 2 is 2.02 bits per heavy atom. The lowest BCUT2D eigenvalue weighted by atomic mass is 9.75. The zero-order valence-corrected chi connectivity index (χ0v) is 23.1. The van der Waals surface area contributed by atoms with Gasteiger partial charge >= 0.3 is 6.55 Å². The number of anilines is 1. The first-order chi connectivity index (χ1) is 19.4. The molecule has 2 aromatic rings. The predicted molar refractivity (Wildman–Crippen MR) is 151 cm³/mol. The molecule has 0 atom stereocenters. The maximum Gasteiger partial charge on any atom is 0.319 e. The second kappa shape index (κ2) is 11.0. The van der Waals surface area contributed by atoms with Crippen molar-refractivity contribution < 1.29 is 18.3 Å². The number of carbonyl (C=O) groups excluding carboxylic acids is 1. The van der Waals surface area contributed by atoms with E-state index in [-0.39, 0.29) is 18.2 Å². The van der Waals surface area contributed by atoms with E-state index in [9.17, 15) is 13.6 Å². The van der Waals surface area contributed by atoms with Crippen LogP contribution >= 0.6 is 0 Å². The first-order valence-electron chi connectivity index (χ1n) is 14.3. The van der Waals surface area contributed by atoms with E-state index in [4.69, 9.17) is 9.72 Å². The summed E-state index contributed by atoms with van der Waals surface area (Å²) in [6.45, 7) is 5.07. The Kier molecular flexibility index (Phi) is 7.44. The smallest absolute Gasteiger partial charge is 0.319 e. The molecular formula is C31H37F2N5O2. The van der Waals surface area contributed by atoms with Crippen LogP contribution in [0.5, 0.6) is 0 Å². The van der Waals surface area contributed by atoms with Crippen molar-refractivity contribution in [1.82, 2.24) is 14.8 Å². The first kappa shape index (κ1) is 27.0. The van der Waals surface area contributed by atoms with Crippen molar-refractivity contribution >= 4 is 17.4 Å². The van der Waals surface area contributed by atoms with Crippen molar-refractivity contribution in [2.75, 3.05) is 38.3 Å². The molecular weight excluding hydrogens is 512 g/mol. The minimum atomic E-state index is -2.73. The van der Waals surface area contributed by atoms with Crippen molar-refractivity contribution in [2.24, 2.45) is 4.99 Å². The molecule has 3 aliphatic heterocycles. The van der Waals surface area contributed by atoms with Crippen LogP contribution in [-0.2, 0) is 23.2 Å². The van der Waals surface area contributed by atoms with E-state index in [1.54, 1.807) is 0 Å². The quantitative estimate of drug-likeness (QED) is 0.236. The number of halogens is 2. The Labute approximate surface area is 234 Å². The summed E-state index contributed by atoms with van der Waals surface area (Å²) in [4.78, 5) is 28.2. The molecule has 1 saturated carbocycles. The summed E-state index contributed by atoms with van der Waals surface area (Å²) in [6.07, 6.45) is 7.37. The maximum atomic E-state index is 13.8. The zero-order chi connectivity index (χ0) is 27.9. The fourth-order valence-electron chi connectivity index (χ4n) is 6.32. The summed E-state index contributed by atoms with van der Waals surface area (Å²) >= 11 is 0. The molecule has 6 rings (SSSR count). The third-order valence-corrected chi connectivity index (χ3v) is 8.79. The van der Waals surface area contributed by atoms with Crippen LogP contribution in [0.2, 0.25) is 0 Å². The summed E-state index contributed by atoms with van der Waals surface area (Å²) in [7, 11) is 1.52. The van der Waals surface area contributed by atoms with Gasteiger partial charge in [-0.25, -0.2) is 0 Å². The van der Waals surface area contributed by atoms with Crippen molar-refractivity contribution in [3.05, 3.63) is 71.2 Å². The SMILES string of the molecule is C=CN(C(CC1(c2cccc(N3Cc4c(cc(CN5CCCCC5)nc4C4CC4)C3=O)c2)COC1)=NC)C(F)F. The van der Waals surface area contributed by atoms with E-state index in [0.717, 1.165) is 77.3 Å². The number of piperidine rings is 1. The number of likely N-dealkylation sites (tertiary alicyclic amines) is 1. The van der Waals surface area contributed by atoms with Gasteiger partial charge in [-0.3, -0.25) is 24.6 Å². The number of rotatable bonds is 9. The minimum Gasteiger partial charge on any atom is -0.379 e. The zero-order valence-electron chi connectivity index (χ0n) is 23.1. The van der Waals surface area contributed by atoms with Crippen molar-refractivity contribution in [3.63, 3.8) is 0 Å². The van der Waals surface area contributed by atoms with Crippen molar-refractivity contribution in [1.29, 1.82) is 0 Å². The Morgan fingerprint density at radius 1 is 1.25 bits per heavy atom. The lowest BCUT2D eigenvalue weighted by Gasteiger charge is -2.43. The fraction of sp³-hybridized carbons (Fsp3) is 0.516. The van der Waals surface area contributed by atoms with Crippen LogP contribution in [0.4, 0.5) is 14.5 Å². The first-order valence-corrected chi connectivity index (χ1v) is 14.3. The highest BCUT2D eigenvalue weighted by Gasteiger charge is 2.44. The highest BCUT2D eigenvalue weighted by molar-refractivity contribution is 6.10. The van der Waals surface area contributed by atoms with Gasteiger partial charge < -0.3 is 9.64 Å². The Balaban J connectivity index is 1.27. The van der Waals surface area contributed by atoms with Crippen LogP contribution in [-0.4, -0.2) is 66.4 Å². The number of amidine groups is 1. The molecule has 40 heavy (non-hydrogen) atoms. The van der Waals surface area contributed by atoms with E-state index < -0.39 is 12.0 Å².